The van der Waals surface area contributed by atoms with Crippen molar-refractivity contribution in [3.8, 4) is 0 Å². The molecule has 0 aliphatic carbocycles. The monoisotopic (exact) mass is 305 g/mol. The van der Waals surface area contributed by atoms with Crippen molar-refractivity contribution in [1.82, 2.24) is 15.1 Å². The van der Waals surface area contributed by atoms with Crippen LogP contribution in [0.25, 0.3) is 0 Å². The van der Waals surface area contributed by atoms with E-state index in [-0.39, 0.29) is 18.3 Å². The molecule has 2 rings (SSSR count). The number of carbonyl (C=O) groups is 1. The molecule has 1 N–H and O–H groups in total. The molecule has 19 heavy (non-hydrogen) atoms. The van der Waals surface area contributed by atoms with Crippen LogP contribution >= 0.6 is 11.3 Å². The van der Waals surface area contributed by atoms with E-state index < -0.39 is 0 Å². The van der Waals surface area contributed by atoms with Crippen LogP contribution in [0.4, 0.5) is 5.13 Å². The van der Waals surface area contributed by atoms with Crippen LogP contribution in [-0.2, 0) is 16.0 Å². The normalized spacial score (nSPS) is 15.8. The van der Waals surface area contributed by atoms with Gasteiger partial charge in [-0.3, -0.25) is 15.0 Å². The lowest BCUT2D eigenvalue weighted by atomic mass is 10.4. The Morgan fingerprint density at radius 2 is 2.16 bits per heavy atom. The van der Waals surface area contributed by atoms with Gasteiger partial charge >= 0.3 is 0 Å². The van der Waals surface area contributed by atoms with Gasteiger partial charge in [-0.05, 0) is 6.42 Å². The van der Waals surface area contributed by atoms with Gasteiger partial charge in [-0.25, -0.2) is 0 Å². The van der Waals surface area contributed by atoms with Gasteiger partial charge in [-0.1, -0.05) is 18.3 Å². The fraction of sp³-hybridized carbons (Fsp3) is 0.727. The standard InChI is InChI=1S/C11H18N4O2S.ClH/c1-2-3-10-13-14-11(18-10)12-9(16)8-15-4-6-17-7-5-15;/h2-8H2,1H3,(H,12,14,16);1H/p-1. The van der Waals surface area contributed by atoms with Crippen molar-refractivity contribution in [2.75, 3.05) is 38.2 Å². The van der Waals surface area contributed by atoms with Crippen molar-refractivity contribution in [2.24, 2.45) is 0 Å². The number of ether oxygens (including phenoxy) is 1. The summed E-state index contributed by atoms with van der Waals surface area (Å²) in [4.78, 5) is 13.9. The minimum atomic E-state index is -0.0314. The zero-order valence-corrected chi connectivity index (χ0v) is 12.5. The molecule has 0 bridgehead atoms. The fourth-order valence-electron chi connectivity index (χ4n) is 1.74. The number of nitrogens with zero attached hydrogens (tertiary/aromatic N) is 3. The van der Waals surface area contributed by atoms with Crippen LogP contribution in [0, 0.1) is 0 Å². The molecular formula is C11H18ClN4O2S-. The first-order chi connectivity index (χ1) is 8.78. The molecule has 1 aliphatic rings. The molecule has 1 aromatic heterocycles. The SMILES string of the molecule is CCCc1nnc(NC(=O)CN2CCOCC2)s1.[Cl-]. The first-order valence-corrected chi connectivity index (χ1v) is 7.02. The summed E-state index contributed by atoms with van der Waals surface area (Å²) in [5.74, 6) is -0.0314. The molecule has 0 saturated carbocycles. The quantitative estimate of drug-likeness (QED) is 0.667. The Labute approximate surface area is 122 Å². The average molecular weight is 306 g/mol. The van der Waals surface area contributed by atoms with Crippen molar-refractivity contribution in [3.63, 3.8) is 0 Å². The van der Waals surface area contributed by atoms with Gasteiger partial charge in [0.05, 0.1) is 19.8 Å². The third kappa shape index (κ3) is 5.40. The Morgan fingerprint density at radius 1 is 1.42 bits per heavy atom. The summed E-state index contributed by atoms with van der Waals surface area (Å²) in [6.45, 7) is 5.51. The molecule has 0 unspecified atom stereocenters. The van der Waals surface area contributed by atoms with Crippen molar-refractivity contribution >= 4 is 22.4 Å². The van der Waals surface area contributed by atoms with Gasteiger partial charge in [-0.2, -0.15) is 0 Å². The average Bonchev–Trinajstić information content (AvgIpc) is 2.78. The largest absolute Gasteiger partial charge is 1.00 e. The van der Waals surface area contributed by atoms with Gasteiger partial charge < -0.3 is 17.1 Å². The second-order valence-corrected chi connectivity index (χ2v) is 5.25. The summed E-state index contributed by atoms with van der Waals surface area (Å²) in [6, 6.07) is 0. The predicted molar refractivity (Wildman–Crippen MR) is 69.8 cm³/mol. The van der Waals surface area contributed by atoms with Crippen LogP contribution in [0.2, 0.25) is 0 Å². The number of aryl methyl sites for hydroxylation is 1. The third-order valence-corrected chi connectivity index (χ3v) is 3.55. The number of anilines is 1. The summed E-state index contributed by atoms with van der Waals surface area (Å²) in [5.41, 5.74) is 0. The molecular weight excluding hydrogens is 288 g/mol. The number of hydrogen-bond acceptors (Lipinski definition) is 6. The first kappa shape index (κ1) is 16.3. The summed E-state index contributed by atoms with van der Waals surface area (Å²) in [6.07, 6.45) is 1.95. The number of halogens is 1. The maximum absolute atomic E-state index is 11.8. The molecule has 108 valence electrons. The maximum atomic E-state index is 11.8. The maximum Gasteiger partial charge on any atom is 0.240 e. The molecule has 8 heteroatoms. The van der Waals surface area contributed by atoms with E-state index in [4.69, 9.17) is 4.74 Å². The second-order valence-electron chi connectivity index (χ2n) is 4.19. The van der Waals surface area contributed by atoms with E-state index >= 15 is 0 Å². The van der Waals surface area contributed by atoms with E-state index in [1.165, 1.54) is 11.3 Å². The Morgan fingerprint density at radius 3 is 2.84 bits per heavy atom. The lowest BCUT2D eigenvalue weighted by Crippen LogP contribution is -3.00. The van der Waals surface area contributed by atoms with E-state index in [0.717, 1.165) is 30.9 Å². The number of nitrogens with one attached hydrogen (secondary N) is 1. The number of hydrogen-bond donors (Lipinski definition) is 1. The van der Waals surface area contributed by atoms with E-state index in [0.29, 0.717) is 24.9 Å². The van der Waals surface area contributed by atoms with E-state index in [9.17, 15) is 4.79 Å². The van der Waals surface area contributed by atoms with Crippen LogP contribution in [0.5, 0.6) is 0 Å². The second kappa shape index (κ2) is 8.42. The Hall–Kier alpha value is -0.760. The van der Waals surface area contributed by atoms with Crippen molar-refractivity contribution in [2.45, 2.75) is 19.8 Å². The molecule has 1 fully saturated rings. The molecule has 0 atom stereocenters. The zero-order chi connectivity index (χ0) is 12.8. The highest BCUT2D eigenvalue weighted by molar-refractivity contribution is 7.15. The zero-order valence-electron chi connectivity index (χ0n) is 10.9. The van der Waals surface area contributed by atoms with Crippen LogP contribution in [0.15, 0.2) is 0 Å². The number of carbonyl (C=O) groups excluding carboxylic acids is 1. The number of amides is 1. The summed E-state index contributed by atoms with van der Waals surface area (Å²) in [5, 5.41) is 12.3. The Balaban J connectivity index is 0.00000180. The highest BCUT2D eigenvalue weighted by Gasteiger charge is 2.15. The Bertz CT molecular complexity index is 396. The highest BCUT2D eigenvalue weighted by atomic mass is 35.5. The topological polar surface area (TPSA) is 67.4 Å². The lowest BCUT2D eigenvalue weighted by molar-refractivity contribution is -0.118. The molecule has 1 saturated heterocycles. The van der Waals surface area contributed by atoms with E-state index in [1.54, 1.807) is 0 Å². The summed E-state index contributed by atoms with van der Waals surface area (Å²) < 4.78 is 5.24. The molecule has 6 nitrogen and oxygen atoms in total. The van der Waals surface area contributed by atoms with E-state index in [2.05, 4.69) is 27.3 Å². The summed E-state index contributed by atoms with van der Waals surface area (Å²) in [7, 11) is 0. The molecule has 0 aromatic carbocycles. The van der Waals surface area contributed by atoms with Gasteiger partial charge in [-0.15, -0.1) is 10.2 Å². The van der Waals surface area contributed by atoms with Crippen LogP contribution in [0.1, 0.15) is 18.4 Å². The molecule has 0 radical (unpaired) electrons. The fourth-order valence-corrected chi connectivity index (χ4v) is 2.60. The van der Waals surface area contributed by atoms with Gasteiger partial charge in [0.2, 0.25) is 11.0 Å². The van der Waals surface area contributed by atoms with Gasteiger partial charge in [0, 0.05) is 19.5 Å². The minimum absolute atomic E-state index is 0. The molecule has 1 amide bonds. The highest BCUT2D eigenvalue weighted by Crippen LogP contribution is 2.16. The molecule has 1 aliphatic heterocycles. The van der Waals surface area contributed by atoms with Crippen LogP contribution < -0.4 is 17.7 Å². The van der Waals surface area contributed by atoms with Crippen LogP contribution in [0.3, 0.4) is 0 Å². The number of morpholine rings is 1. The predicted octanol–water partition coefficient (Wildman–Crippen LogP) is -2.23. The van der Waals surface area contributed by atoms with Gasteiger partial charge in [0.25, 0.3) is 0 Å². The third-order valence-electron chi connectivity index (χ3n) is 2.65. The Kier molecular flexibility index (Phi) is 7.22. The van der Waals surface area contributed by atoms with Crippen molar-refractivity contribution in [3.05, 3.63) is 5.01 Å². The smallest absolute Gasteiger partial charge is 0.240 e. The van der Waals surface area contributed by atoms with Crippen molar-refractivity contribution in [1.29, 1.82) is 0 Å². The van der Waals surface area contributed by atoms with Gasteiger partial charge in [0.15, 0.2) is 0 Å². The van der Waals surface area contributed by atoms with E-state index in [1.807, 2.05) is 0 Å². The minimum Gasteiger partial charge on any atom is -1.00 e. The van der Waals surface area contributed by atoms with Gasteiger partial charge in [0.1, 0.15) is 5.01 Å². The lowest BCUT2D eigenvalue weighted by Gasteiger charge is -2.25. The molecule has 1 aromatic rings. The molecule has 0 spiro atoms. The van der Waals surface area contributed by atoms with Crippen molar-refractivity contribution < 1.29 is 21.9 Å². The summed E-state index contributed by atoms with van der Waals surface area (Å²) >= 11 is 1.45. The number of rotatable bonds is 5. The molecule has 2 heterocycles. The number of aromatic nitrogens is 2. The first-order valence-electron chi connectivity index (χ1n) is 6.20. The van der Waals surface area contributed by atoms with Crippen LogP contribution in [-0.4, -0.2) is 53.9 Å².